The van der Waals surface area contributed by atoms with Crippen LogP contribution in [-0.4, -0.2) is 46.1 Å². The smallest absolute Gasteiger partial charge is 0.241 e. The van der Waals surface area contributed by atoms with Crippen LogP contribution in [0.5, 0.6) is 5.75 Å². The molecule has 0 aliphatic carbocycles. The van der Waals surface area contributed by atoms with Gasteiger partial charge in [0, 0.05) is 12.6 Å². The molecule has 1 aromatic carbocycles. The van der Waals surface area contributed by atoms with Crippen molar-refractivity contribution in [2.45, 2.75) is 51.5 Å². The Labute approximate surface area is 146 Å². The lowest BCUT2D eigenvalue weighted by atomic mass is 10.0. The Balaban J connectivity index is 2.19. The highest BCUT2D eigenvalue weighted by molar-refractivity contribution is 7.89. The maximum absolute atomic E-state index is 12.8. The molecule has 1 aromatic rings. The first-order chi connectivity index (χ1) is 11.3. The number of hydrogen-bond acceptors (Lipinski definition) is 4. The van der Waals surface area contributed by atoms with E-state index in [1.165, 1.54) is 12.8 Å². The molecule has 0 radical (unpaired) electrons. The molecule has 0 aromatic heterocycles. The molecule has 1 saturated heterocycles. The number of methoxy groups -OCH3 is 1. The first kappa shape index (κ1) is 19.2. The van der Waals surface area contributed by atoms with E-state index in [2.05, 4.69) is 23.5 Å². The van der Waals surface area contributed by atoms with Gasteiger partial charge in [0.25, 0.3) is 0 Å². The van der Waals surface area contributed by atoms with Crippen LogP contribution in [0, 0.1) is 19.8 Å². The summed E-state index contributed by atoms with van der Waals surface area (Å²) in [5.41, 5.74) is 1.42. The van der Waals surface area contributed by atoms with Crippen molar-refractivity contribution in [2.24, 2.45) is 5.92 Å². The predicted molar refractivity (Wildman–Crippen MR) is 97.1 cm³/mol. The van der Waals surface area contributed by atoms with E-state index in [0.29, 0.717) is 34.2 Å². The van der Waals surface area contributed by atoms with Gasteiger partial charge in [0.1, 0.15) is 5.75 Å². The minimum Gasteiger partial charge on any atom is -0.497 e. The third-order valence-corrected chi connectivity index (χ3v) is 6.53. The number of sulfonamides is 1. The van der Waals surface area contributed by atoms with Gasteiger partial charge in [-0.1, -0.05) is 13.8 Å². The van der Waals surface area contributed by atoms with E-state index < -0.39 is 10.0 Å². The van der Waals surface area contributed by atoms with E-state index in [-0.39, 0.29) is 6.04 Å². The maximum Gasteiger partial charge on any atom is 0.241 e. The van der Waals surface area contributed by atoms with E-state index in [4.69, 9.17) is 4.74 Å². The van der Waals surface area contributed by atoms with Crippen molar-refractivity contribution in [1.29, 1.82) is 0 Å². The number of aryl methyl sites for hydroxylation is 2. The number of benzene rings is 1. The van der Waals surface area contributed by atoms with Gasteiger partial charge in [-0.25, -0.2) is 13.1 Å². The Hall–Kier alpha value is -1.11. The van der Waals surface area contributed by atoms with Gasteiger partial charge in [0.05, 0.1) is 12.0 Å². The molecule has 136 valence electrons. The summed E-state index contributed by atoms with van der Waals surface area (Å²) in [6, 6.07) is 3.77. The summed E-state index contributed by atoms with van der Waals surface area (Å²) >= 11 is 0. The molecule has 0 spiro atoms. The van der Waals surface area contributed by atoms with Crippen LogP contribution in [0.15, 0.2) is 17.0 Å². The first-order valence-electron chi connectivity index (χ1n) is 8.65. The summed E-state index contributed by atoms with van der Waals surface area (Å²) in [5.74, 6) is 1.09. The zero-order valence-corrected chi connectivity index (χ0v) is 16.2. The summed E-state index contributed by atoms with van der Waals surface area (Å²) in [7, 11) is -1.95. The molecule has 1 atom stereocenters. The molecule has 1 fully saturated rings. The minimum absolute atomic E-state index is 0.237. The van der Waals surface area contributed by atoms with Crippen LogP contribution in [0.4, 0.5) is 0 Å². The number of likely N-dealkylation sites (tertiary alicyclic amines) is 1. The van der Waals surface area contributed by atoms with Crippen LogP contribution in [0.2, 0.25) is 0 Å². The first-order valence-corrected chi connectivity index (χ1v) is 10.1. The number of nitrogens with zero attached hydrogens (tertiary/aromatic N) is 1. The highest BCUT2D eigenvalue weighted by Gasteiger charge is 2.27. The SMILES string of the molecule is COc1cc(C)c(S(=O)(=O)NCC(C(C)C)N2CCCC2)c(C)c1. The zero-order valence-electron chi connectivity index (χ0n) is 15.4. The molecule has 1 unspecified atom stereocenters. The summed E-state index contributed by atoms with van der Waals surface area (Å²) in [4.78, 5) is 2.77. The number of ether oxygens (including phenoxy) is 1. The summed E-state index contributed by atoms with van der Waals surface area (Å²) in [6.45, 7) is 10.5. The van der Waals surface area contributed by atoms with Crippen LogP contribution in [-0.2, 0) is 10.0 Å². The molecule has 1 aliphatic heterocycles. The summed E-state index contributed by atoms with van der Waals surface area (Å²) < 4.78 is 33.8. The van der Waals surface area contributed by atoms with Gasteiger partial charge in [0.15, 0.2) is 0 Å². The fourth-order valence-corrected chi connectivity index (χ4v) is 5.08. The van der Waals surface area contributed by atoms with E-state index in [1.807, 2.05) is 13.8 Å². The quantitative estimate of drug-likeness (QED) is 0.818. The van der Waals surface area contributed by atoms with Gasteiger partial charge >= 0.3 is 0 Å². The van der Waals surface area contributed by atoms with Crippen molar-refractivity contribution in [3.05, 3.63) is 23.3 Å². The number of nitrogens with one attached hydrogen (secondary N) is 1. The van der Waals surface area contributed by atoms with Gasteiger partial charge in [-0.2, -0.15) is 0 Å². The molecule has 1 N–H and O–H groups in total. The monoisotopic (exact) mass is 354 g/mol. The van der Waals surface area contributed by atoms with Crippen molar-refractivity contribution in [1.82, 2.24) is 9.62 Å². The molecular formula is C18H30N2O3S. The number of rotatable bonds is 7. The van der Waals surface area contributed by atoms with Crippen LogP contribution < -0.4 is 9.46 Å². The second kappa shape index (κ2) is 7.85. The topological polar surface area (TPSA) is 58.6 Å². The number of hydrogen-bond donors (Lipinski definition) is 1. The van der Waals surface area contributed by atoms with Gasteiger partial charge in [-0.05, 0) is 69.0 Å². The molecule has 1 aliphatic rings. The second-order valence-corrected chi connectivity index (χ2v) is 8.70. The van der Waals surface area contributed by atoms with Gasteiger partial charge in [0.2, 0.25) is 10.0 Å². The van der Waals surface area contributed by atoms with E-state index in [0.717, 1.165) is 13.1 Å². The van der Waals surface area contributed by atoms with Gasteiger partial charge < -0.3 is 4.74 Å². The average molecular weight is 355 g/mol. The van der Waals surface area contributed by atoms with E-state index >= 15 is 0 Å². The maximum atomic E-state index is 12.8. The molecule has 5 nitrogen and oxygen atoms in total. The normalized spacial score (nSPS) is 17.4. The lowest BCUT2D eigenvalue weighted by Gasteiger charge is -2.31. The van der Waals surface area contributed by atoms with Crippen LogP contribution >= 0.6 is 0 Å². The summed E-state index contributed by atoms with van der Waals surface area (Å²) in [6.07, 6.45) is 2.40. The Morgan fingerprint density at radius 2 is 1.71 bits per heavy atom. The Morgan fingerprint density at radius 3 is 2.17 bits per heavy atom. The molecular weight excluding hydrogens is 324 g/mol. The highest BCUT2D eigenvalue weighted by Crippen LogP contribution is 2.26. The molecule has 0 saturated carbocycles. The molecule has 24 heavy (non-hydrogen) atoms. The van der Waals surface area contributed by atoms with Crippen molar-refractivity contribution >= 4 is 10.0 Å². The molecule has 1 heterocycles. The zero-order chi connectivity index (χ0) is 17.9. The predicted octanol–water partition coefficient (Wildman–Crippen LogP) is 2.71. The molecule has 0 bridgehead atoms. The van der Waals surface area contributed by atoms with Gasteiger partial charge in [-0.3, -0.25) is 4.90 Å². The minimum atomic E-state index is -3.54. The fraction of sp³-hybridized carbons (Fsp3) is 0.667. The largest absolute Gasteiger partial charge is 0.497 e. The molecule has 2 rings (SSSR count). The highest BCUT2D eigenvalue weighted by atomic mass is 32.2. The Bertz CT molecular complexity index is 642. The standard InChI is InChI=1S/C18H30N2O3S/c1-13(2)17(20-8-6-7-9-20)12-19-24(21,22)18-14(3)10-16(23-5)11-15(18)4/h10-11,13,17,19H,6-9,12H2,1-5H3. The third kappa shape index (κ3) is 4.29. The lowest BCUT2D eigenvalue weighted by Crippen LogP contribution is -2.45. The van der Waals surface area contributed by atoms with Crippen LogP contribution in [0.3, 0.4) is 0 Å². The molecule has 0 amide bonds. The molecule has 6 heteroatoms. The van der Waals surface area contributed by atoms with Crippen LogP contribution in [0.25, 0.3) is 0 Å². The van der Waals surface area contributed by atoms with Crippen molar-refractivity contribution in [3.8, 4) is 5.75 Å². The van der Waals surface area contributed by atoms with Crippen molar-refractivity contribution in [3.63, 3.8) is 0 Å². The lowest BCUT2D eigenvalue weighted by molar-refractivity contribution is 0.193. The Morgan fingerprint density at radius 1 is 1.17 bits per heavy atom. The fourth-order valence-electron chi connectivity index (χ4n) is 3.58. The average Bonchev–Trinajstić information content (AvgIpc) is 2.99. The second-order valence-electron chi connectivity index (χ2n) is 7.00. The van der Waals surface area contributed by atoms with Crippen molar-refractivity contribution in [2.75, 3.05) is 26.7 Å². The van der Waals surface area contributed by atoms with Gasteiger partial charge in [-0.15, -0.1) is 0 Å². The Kier molecular flexibility index (Phi) is 6.28. The third-order valence-electron chi connectivity index (χ3n) is 4.80. The van der Waals surface area contributed by atoms with E-state index in [1.54, 1.807) is 19.2 Å². The van der Waals surface area contributed by atoms with Crippen molar-refractivity contribution < 1.29 is 13.2 Å². The summed E-state index contributed by atoms with van der Waals surface area (Å²) in [5, 5.41) is 0. The van der Waals surface area contributed by atoms with Crippen LogP contribution in [0.1, 0.15) is 37.8 Å². The van der Waals surface area contributed by atoms with E-state index in [9.17, 15) is 8.42 Å².